The molecule has 0 aromatic carbocycles. The van der Waals surface area contributed by atoms with E-state index in [1.165, 1.54) is 19.1 Å². The zero-order chi connectivity index (χ0) is 18.5. The predicted octanol–water partition coefficient (Wildman–Crippen LogP) is 2.32. The molecule has 0 spiro atoms. The molecule has 1 amide bonds. The number of carbonyl (C=O) groups excluding carboxylic acids is 2. The van der Waals surface area contributed by atoms with Gasteiger partial charge in [0.05, 0.1) is 19.1 Å². The normalized spacial score (nSPS) is 20.3. The van der Waals surface area contributed by atoms with Gasteiger partial charge in [0.15, 0.2) is 5.69 Å². The Morgan fingerprint density at radius 1 is 1.19 bits per heavy atom. The number of amides is 1. The summed E-state index contributed by atoms with van der Waals surface area (Å²) < 4.78 is 10.6. The fourth-order valence-electron chi connectivity index (χ4n) is 3.63. The summed E-state index contributed by atoms with van der Waals surface area (Å²) in [6.07, 6.45) is 5.13. The van der Waals surface area contributed by atoms with E-state index in [9.17, 15) is 9.59 Å². The van der Waals surface area contributed by atoms with E-state index in [0.29, 0.717) is 50.7 Å². The molecular weight excluding hydrogens is 334 g/mol. The summed E-state index contributed by atoms with van der Waals surface area (Å²) in [6.45, 7) is 8.35. The number of esters is 1. The summed E-state index contributed by atoms with van der Waals surface area (Å²) in [7, 11) is 0. The fourth-order valence-corrected chi connectivity index (χ4v) is 3.63. The summed E-state index contributed by atoms with van der Waals surface area (Å²) in [5, 5.41) is 0. The van der Waals surface area contributed by atoms with Gasteiger partial charge >= 0.3 is 5.97 Å². The first-order chi connectivity index (χ1) is 12.6. The molecular formula is C19H29N3O4. The summed E-state index contributed by atoms with van der Waals surface area (Å²) in [5.41, 5.74) is 0.361. The number of hydrogen-bond acceptors (Lipinski definition) is 6. The van der Waals surface area contributed by atoms with Crippen LogP contribution < -0.4 is 0 Å². The number of likely N-dealkylation sites (tertiary alicyclic amines) is 2. The molecule has 7 heteroatoms. The fraction of sp³-hybridized carbons (Fsp3) is 0.737. The Morgan fingerprint density at radius 3 is 2.54 bits per heavy atom. The van der Waals surface area contributed by atoms with Gasteiger partial charge in [-0.25, -0.2) is 4.98 Å². The van der Waals surface area contributed by atoms with Gasteiger partial charge in [-0.2, -0.15) is 0 Å². The van der Waals surface area contributed by atoms with Gasteiger partial charge in [-0.05, 0) is 51.6 Å². The van der Waals surface area contributed by atoms with E-state index in [0.717, 1.165) is 19.0 Å². The summed E-state index contributed by atoms with van der Waals surface area (Å²) in [5.74, 6) is 1.01. The number of piperidine rings is 2. The average Bonchev–Trinajstić information content (AvgIpc) is 3.12. The largest absolute Gasteiger partial charge is 0.466 e. The number of oxazole rings is 1. The summed E-state index contributed by atoms with van der Waals surface area (Å²) in [4.78, 5) is 32.9. The van der Waals surface area contributed by atoms with Crippen molar-refractivity contribution < 1.29 is 18.7 Å². The molecule has 1 aromatic heterocycles. The second-order valence-corrected chi connectivity index (χ2v) is 7.40. The minimum Gasteiger partial charge on any atom is -0.466 e. The standard InChI is InChI=1S/C19H29N3O4/c1-3-25-19(24)15-6-10-22(11-7-15)18(23)16-13-26-17(20-16)12-21-8-4-14(2)5-9-21/h13-15H,3-12H2,1-2H3. The lowest BCUT2D eigenvalue weighted by Gasteiger charge is -2.30. The first-order valence-corrected chi connectivity index (χ1v) is 9.69. The first kappa shape index (κ1) is 18.9. The van der Waals surface area contributed by atoms with Crippen LogP contribution in [0.1, 0.15) is 55.9 Å². The molecule has 0 atom stereocenters. The van der Waals surface area contributed by atoms with Crippen LogP contribution in [-0.4, -0.2) is 59.4 Å². The molecule has 3 heterocycles. The highest BCUT2D eigenvalue weighted by atomic mass is 16.5. The van der Waals surface area contributed by atoms with Crippen molar-refractivity contribution in [2.45, 2.75) is 46.1 Å². The lowest BCUT2D eigenvalue weighted by Crippen LogP contribution is -2.40. The number of ether oxygens (including phenoxy) is 1. The molecule has 0 radical (unpaired) electrons. The van der Waals surface area contributed by atoms with Crippen molar-refractivity contribution in [1.29, 1.82) is 0 Å². The molecule has 2 fully saturated rings. The minimum atomic E-state index is -0.154. The zero-order valence-electron chi connectivity index (χ0n) is 15.8. The quantitative estimate of drug-likeness (QED) is 0.748. The molecule has 26 heavy (non-hydrogen) atoms. The molecule has 7 nitrogen and oxygen atoms in total. The van der Waals surface area contributed by atoms with Crippen LogP contribution in [0.5, 0.6) is 0 Å². The van der Waals surface area contributed by atoms with Crippen molar-refractivity contribution in [2.24, 2.45) is 11.8 Å². The predicted molar refractivity (Wildman–Crippen MR) is 95.4 cm³/mol. The lowest BCUT2D eigenvalue weighted by atomic mass is 9.97. The number of rotatable bonds is 5. The van der Waals surface area contributed by atoms with Crippen molar-refractivity contribution in [3.05, 3.63) is 17.8 Å². The van der Waals surface area contributed by atoms with Gasteiger partial charge in [-0.1, -0.05) is 6.92 Å². The van der Waals surface area contributed by atoms with Crippen molar-refractivity contribution in [2.75, 3.05) is 32.8 Å². The molecule has 0 unspecified atom stereocenters. The lowest BCUT2D eigenvalue weighted by molar-refractivity contribution is -0.149. The Labute approximate surface area is 154 Å². The summed E-state index contributed by atoms with van der Waals surface area (Å²) >= 11 is 0. The van der Waals surface area contributed by atoms with Crippen molar-refractivity contribution >= 4 is 11.9 Å². The second kappa shape index (κ2) is 8.66. The zero-order valence-corrected chi connectivity index (χ0v) is 15.8. The third-order valence-corrected chi connectivity index (χ3v) is 5.41. The second-order valence-electron chi connectivity index (χ2n) is 7.40. The van der Waals surface area contributed by atoms with E-state index in [-0.39, 0.29) is 17.8 Å². The Balaban J connectivity index is 1.50. The van der Waals surface area contributed by atoms with Gasteiger partial charge in [0, 0.05) is 13.1 Å². The Morgan fingerprint density at radius 2 is 1.88 bits per heavy atom. The van der Waals surface area contributed by atoms with Crippen LogP contribution in [0.4, 0.5) is 0 Å². The number of carbonyl (C=O) groups is 2. The molecule has 0 aliphatic carbocycles. The topological polar surface area (TPSA) is 75.9 Å². The monoisotopic (exact) mass is 363 g/mol. The van der Waals surface area contributed by atoms with Crippen molar-refractivity contribution in [3.8, 4) is 0 Å². The Bertz CT molecular complexity index is 614. The number of aromatic nitrogens is 1. The SMILES string of the molecule is CCOC(=O)C1CCN(C(=O)c2coc(CN3CCC(C)CC3)n2)CC1. The van der Waals surface area contributed by atoms with Crippen LogP contribution in [0.3, 0.4) is 0 Å². The third kappa shape index (κ3) is 4.63. The van der Waals surface area contributed by atoms with E-state index >= 15 is 0 Å². The Hall–Kier alpha value is -1.89. The van der Waals surface area contributed by atoms with E-state index < -0.39 is 0 Å². The first-order valence-electron chi connectivity index (χ1n) is 9.69. The maximum Gasteiger partial charge on any atom is 0.309 e. The van der Waals surface area contributed by atoms with Gasteiger partial charge in [0.2, 0.25) is 5.89 Å². The average molecular weight is 363 g/mol. The smallest absolute Gasteiger partial charge is 0.309 e. The van der Waals surface area contributed by atoms with Crippen molar-refractivity contribution in [1.82, 2.24) is 14.8 Å². The van der Waals surface area contributed by atoms with Crippen LogP contribution >= 0.6 is 0 Å². The van der Waals surface area contributed by atoms with Gasteiger partial charge in [0.25, 0.3) is 5.91 Å². The molecule has 3 rings (SSSR count). The molecule has 0 N–H and O–H groups in total. The van der Waals surface area contributed by atoms with Crippen molar-refractivity contribution in [3.63, 3.8) is 0 Å². The molecule has 144 valence electrons. The van der Waals surface area contributed by atoms with E-state index in [1.807, 2.05) is 6.92 Å². The number of hydrogen-bond donors (Lipinski definition) is 0. The Kier molecular flexibility index (Phi) is 6.29. The maximum absolute atomic E-state index is 12.6. The highest BCUT2D eigenvalue weighted by Crippen LogP contribution is 2.21. The van der Waals surface area contributed by atoms with Crippen LogP contribution in [0, 0.1) is 11.8 Å². The van der Waals surface area contributed by atoms with Crippen LogP contribution in [-0.2, 0) is 16.1 Å². The van der Waals surface area contributed by atoms with Gasteiger partial charge in [-0.3, -0.25) is 14.5 Å². The van der Waals surface area contributed by atoms with E-state index in [2.05, 4.69) is 16.8 Å². The van der Waals surface area contributed by atoms with E-state index in [4.69, 9.17) is 9.15 Å². The van der Waals surface area contributed by atoms with Crippen LogP contribution in [0.25, 0.3) is 0 Å². The van der Waals surface area contributed by atoms with Crippen LogP contribution in [0.15, 0.2) is 10.7 Å². The molecule has 2 saturated heterocycles. The van der Waals surface area contributed by atoms with Crippen LogP contribution in [0.2, 0.25) is 0 Å². The molecule has 1 aromatic rings. The van der Waals surface area contributed by atoms with Gasteiger partial charge in [0.1, 0.15) is 6.26 Å². The van der Waals surface area contributed by atoms with E-state index in [1.54, 1.807) is 4.90 Å². The number of nitrogens with zero attached hydrogens (tertiary/aromatic N) is 3. The molecule has 0 bridgehead atoms. The molecule has 0 saturated carbocycles. The van der Waals surface area contributed by atoms with Gasteiger partial charge in [-0.15, -0.1) is 0 Å². The summed E-state index contributed by atoms with van der Waals surface area (Å²) in [6, 6.07) is 0. The molecule has 2 aliphatic heterocycles. The minimum absolute atomic E-state index is 0.103. The molecule has 2 aliphatic rings. The highest BCUT2D eigenvalue weighted by molar-refractivity contribution is 5.92. The third-order valence-electron chi connectivity index (χ3n) is 5.41. The highest BCUT2D eigenvalue weighted by Gasteiger charge is 2.30. The maximum atomic E-state index is 12.6. The van der Waals surface area contributed by atoms with Gasteiger partial charge < -0.3 is 14.1 Å².